The molecule has 4 heteroatoms. The number of nitrogens with one attached hydrogen (secondary N) is 1. The van der Waals surface area contributed by atoms with E-state index in [1.165, 1.54) is 46.8 Å². The molecule has 0 saturated carbocycles. The summed E-state index contributed by atoms with van der Waals surface area (Å²) in [6.07, 6.45) is 5.73. The van der Waals surface area contributed by atoms with Crippen LogP contribution in [0.2, 0.25) is 5.02 Å². The number of thiazole rings is 1. The standard InChI is InChI=1S/C17H21ClN2S/c1-2-9-19-14-7-4-8-15-17(14)20-16(21-15)11-12-5-3-6-13(18)10-12/h3,5-6,10,14,19H,2,4,7-9,11H2,1H3. The van der Waals surface area contributed by atoms with E-state index in [4.69, 9.17) is 16.6 Å². The first kappa shape index (κ1) is 15.0. The van der Waals surface area contributed by atoms with E-state index in [0.29, 0.717) is 6.04 Å². The lowest BCUT2D eigenvalue weighted by Gasteiger charge is -2.22. The quantitative estimate of drug-likeness (QED) is 0.858. The molecule has 0 radical (unpaired) electrons. The third kappa shape index (κ3) is 3.65. The van der Waals surface area contributed by atoms with Gasteiger partial charge in [0.2, 0.25) is 0 Å². The van der Waals surface area contributed by atoms with Gasteiger partial charge in [-0.1, -0.05) is 30.7 Å². The molecule has 1 aromatic carbocycles. The monoisotopic (exact) mass is 320 g/mol. The van der Waals surface area contributed by atoms with Crippen molar-refractivity contribution in [3.63, 3.8) is 0 Å². The Balaban J connectivity index is 1.78. The van der Waals surface area contributed by atoms with Crippen LogP contribution in [0, 0.1) is 0 Å². The second-order valence-corrected chi connectivity index (χ2v) is 7.23. The first-order valence-corrected chi connectivity index (χ1v) is 8.92. The predicted octanol–water partition coefficient (Wildman–Crippen LogP) is 4.76. The van der Waals surface area contributed by atoms with E-state index in [-0.39, 0.29) is 0 Å². The van der Waals surface area contributed by atoms with Gasteiger partial charge in [-0.3, -0.25) is 0 Å². The van der Waals surface area contributed by atoms with E-state index < -0.39 is 0 Å². The minimum absolute atomic E-state index is 0.457. The van der Waals surface area contributed by atoms with Crippen LogP contribution in [0.3, 0.4) is 0 Å². The van der Waals surface area contributed by atoms with Crippen molar-refractivity contribution in [2.45, 2.75) is 45.1 Å². The van der Waals surface area contributed by atoms with Crippen LogP contribution < -0.4 is 5.32 Å². The Morgan fingerprint density at radius 3 is 3.14 bits per heavy atom. The van der Waals surface area contributed by atoms with Crippen LogP contribution in [0.4, 0.5) is 0 Å². The van der Waals surface area contributed by atoms with Crippen LogP contribution in [-0.2, 0) is 12.8 Å². The van der Waals surface area contributed by atoms with E-state index in [1.807, 2.05) is 29.5 Å². The lowest BCUT2D eigenvalue weighted by atomic mass is 9.97. The molecule has 0 amide bonds. The minimum atomic E-state index is 0.457. The Hall–Kier alpha value is -0.900. The summed E-state index contributed by atoms with van der Waals surface area (Å²) in [7, 11) is 0. The van der Waals surface area contributed by atoms with Crippen LogP contribution in [0.25, 0.3) is 0 Å². The van der Waals surface area contributed by atoms with E-state index in [2.05, 4.69) is 18.3 Å². The molecule has 21 heavy (non-hydrogen) atoms. The van der Waals surface area contributed by atoms with Crippen LogP contribution >= 0.6 is 22.9 Å². The number of benzene rings is 1. The number of hydrogen-bond acceptors (Lipinski definition) is 3. The van der Waals surface area contributed by atoms with Gasteiger partial charge < -0.3 is 5.32 Å². The summed E-state index contributed by atoms with van der Waals surface area (Å²) in [5, 5.41) is 5.65. The highest BCUT2D eigenvalue weighted by Crippen LogP contribution is 2.34. The molecule has 0 spiro atoms. The van der Waals surface area contributed by atoms with Crippen molar-refractivity contribution in [3.8, 4) is 0 Å². The van der Waals surface area contributed by atoms with Gasteiger partial charge in [0, 0.05) is 16.3 Å². The van der Waals surface area contributed by atoms with Crippen molar-refractivity contribution in [2.24, 2.45) is 0 Å². The molecule has 0 saturated heterocycles. The SMILES string of the molecule is CCCNC1CCCc2sc(Cc3cccc(Cl)c3)nc21. The van der Waals surface area contributed by atoms with Crippen LogP contribution in [0.5, 0.6) is 0 Å². The third-order valence-electron chi connectivity index (χ3n) is 3.88. The number of halogens is 1. The Morgan fingerprint density at radius 1 is 1.43 bits per heavy atom. The van der Waals surface area contributed by atoms with Gasteiger partial charge in [0.25, 0.3) is 0 Å². The number of nitrogens with zero attached hydrogens (tertiary/aromatic N) is 1. The van der Waals surface area contributed by atoms with Gasteiger partial charge in [0.15, 0.2) is 0 Å². The molecule has 3 rings (SSSR count). The van der Waals surface area contributed by atoms with Crippen LogP contribution in [0.1, 0.15) is 53.4 Å². The molecule has 1 heterocycles. The van der Waals surface area contributed by atoms with Gasteiger partial charge in [-0.05, 0) is 49.9 Å². The molecule has 1 aliphatic rings. The Morgan fingerprint density at radius 2 is 2.33 bits per heavy atom. The molecule has 2 nitrogen and oxygen atoms in total. The molecule has 0 fully saturated rings. The van der Waals surface area contributed by atoms with Crippen molar-refractivity contribution in [3.05, 3.63) is 50.4 Å². The van der Waals surface area contributed by atoms with Crippen molar-refractivity contribution in [2.75, 3.05) is 6.54 Å². The molecule has 112 valence electrons. The fraction of sp³-hybridized carbons (Fsp3) is 0.471. The molecule has 1 N–H and O–H groups in total. The first-order valence-electron chi connectivity index (χ1n) is 7.72. The summed E-state index contributed by atoms with van der Waals surface area (Å²) in [4.78, 5) is 6.40. The number of aromatic nitrogens is 1. The van der Waals surface area contributed by atoms with E-state index in [1.54, 1.807) is 0 Å². The van der Waals surface area contributed by atoms with E-state index in [0.717, 1.165) is 18.0 Å². The summed E-state index contributed by atoms with van der Waals surface area (Å²) in [5.41, 5.74) is 2.54. The van der Waals surface area contributed by atoms with E-state index >= 15 is 0 Å². The second kappa shape index (κ2) is 6.91. The Bertz CT molecular complexity index is 609. The molecule has 1 atom stereocenters. The topological polar surface area (TPSA) is 24.9 Å². The van der Waals surface area contributed by atoms with Crippen molar-refractivity contribution in [1.82, 2.24) is 10.3 Å². The largest absolute Gasteiger partial charge is 0.309 e. The average molecular weight is 321 g/mol. The summed E-state index contributed by atoms with van der Waals surface area (Å²) < 4.78 is 0. The summed E-state index contributed by atoms with van der Waals surface area (Å²) in [6, 6.07) is 8.55. The fourth-order valence-electron chi connectivity index (χ4n) is 2.88. The highest BCUT2D eigenvalue weighted by molar-refractivity contribution is 7.11. The van der Waals surface area contributed by atoms with Crippen molar-refractivity contribution >= 4 is 22.9 Å². The molecule has 0 aliphatic heterocycles. The number of fused-ring (bicyclic) bond motifs is 1. The van der Waals surface area contributed by atoms with Gasteiger partial charge in [-0.25, -0.2) is 4.98 Å². The zero-order valence-electron chi connectivity index (χ0n) is 12.4. The average Bonchev–Trinajstić information content (AvgIpc) is 2.88. The highest BCUT2D eigenvalue weighted by atomic mass is 35.5. The Labute approximate surface area is 135 Å². The van der Waals surface area contributed by atoms with Crippen molar-refractivity contribution in [1.29, 1.82) is 0 Å². The molecule has 0 bridgehead atoms. The van der Waals surface area contributed by atoms with Gasteiger partial charge in [-0.2, -0.15) is 0 Å². The maximum Gasteiger partial charge on any atom is 0.0975 e. The molecule has 1 aromatic heterocycles. The smallest absolute Gasteiger partial charge is 0.0975 e. The van der Waals surface area contributed by atoms with Crippen molar-refractivity contribution < 1.29 is 0 Å². The minimum Gasteiger partial charge on any atom is -0.309 e. The summed E-state index contributed by atoms with van der Waals surface area (Å²) in [5.74, 6) is 0. The summed E-state index contributed by atoms with van der Waals surface area (Å²) >= 11 is 7.94. The number of hydrogen-bond donors (Lipinski definition) is 1. The van der Waals surface area contributed by atoms with E-state index in [9.17, 15) is 0 Å². The lowest BCUT2D eigenvalue weighted by Crippen LogP contribution is -2.25. The lowest BCUT2D eigenvalue weighted by molar-refractivity contribution is 0.454. The molecular weight excluding hydrogens is 300 g/mol. The fourth-order valence-corrected chi connectivity index (χ4v) is 4.30. The molecule has 2 aromatic rings. The maximum absolute atomic E-state index is 6.07. The molecule has 1 unspecified atom stereocenters. The summed E-state index contributed by atoms with van der Waals surface area (Å²) in [6.45, 7) is 3.29. The predicted molar refractivity (Wildman–Crippen MR) is 90.3 cm³/mol. The first-order chi connectivity index (χ1) is 10.3. The maximum atomic E-state index is 6.07. The number of aryl methyl sites for hydroxylation is 1. The zero-order valence-corrected chi connectivity index (χ0v) is 13.9. The highest BCUT2D eigenvalue weighted by Gasteiger charge is 2.24. The second-order valence-electron chi connectivity index (χ2n) is 5.62. The normalized spacial score (nSPS) is 17.7. The van der Waals surface area contributed by atoms with Crippen LogP contribution in [0.15, 0.2) is 24.3 Å². The third-order valence-corrected chi connectivity index (χ3v) is 5.25. The molecule has 1 aliphatic carbocycles. The molecular formula is C17H21ClN2S. The van der Waals surface area contributed by atoms with Gasteiger partial charge in [0.05, 0.1) is 16.7 Å². The van der Waals surface area contributed by atoms with Crippen LogP contribution in [-0.4, -0.2) is 11.5 Å². The van der Waals surface area contributed by atoms with Gasteiger partial charge >= 0.3 is 0 Å². The number of rotatable bonds is 5. The van der Waals surface area contributed by atoms with Gasteiger partial charge in [0.1, 0.15) is 0 Å². The Kier molecular flexibility index (Phi) is 4.94. The zero-order chi connectivity index (χ0) is 14.7. The van der Waals surface area contributed by atoms with Gasteiger partial charge in [-0.15, -0.1) is 11.3 Å².